The van der Waals surface area contributed by atoms with Gasteiger partial charge in [0.1, 0.15) is 11.4 Å². The molecule has 1 aromatic carbocycles. The van der Waals surface area contributed by atoms with E-state index in [9.17, 15) is 14.3 Å². The fourth-order valence-electron chi connectivity index (χ4n) is 1.80. The number of benzene rings is 1. The van der Waals surface area contributed by atoms with E-state index in [0.29, 0.717) is 0 Å². The second kappa shape index (κ2) is 7.77. The number of carbonyl (C=O) groups excluding carboxylic acids is 1. The SMILES string of the molecule is CCOP(=O)(O)C(Cc1ccccc1)NC(=O)OC(C)(C)C. The summed E-state index contributed by atoms with van der Waals surface area (Å²) in [6.07, 6.45) is -0.573. The molecule has 2 N–H and O–H groups in total. The lowest BCUT2D eigenvalue weighted by Crippen LogP contribution is -2.40. The molecule has 1 amide bonds. The van der Waals surface area contributed by atoms with E-state index in [1.807, 2.05) is 30.3 Å². The van der Waals surface area contributed by atoms with Crippen molar-refractivity contribution < 1.29 is 23.5 Å². The van der Waals surface area contributed by atoms with Gasteiger partial charge in [-0.05, 0) is 33.3 Å². The van der Waals surface area contributed by atoms with Crippen molar-refractivity contribution in [1.82, 2.24) is 5.32 Å². The summed E-state index contributed by atoms with van der Waals surface area (Å²) in [7, 11) is -4.00. The first-order valence-electron chi connectivity index (χ1n) is 7.14. The number of ether oxygens (including phenoxy) is 1. The van der Waals surface area contributed by atoms with Crippen LogP contribution in [0.5, 0.6) is 0 Å². The van der Waals surface area contributed by atoms with Crippen LogP contribution in [0.25, 0.3) is 0 Å². The van der Waals surface area contributed by atoms with Gasteiger partial charge in [-0.3, -0.25) is 4.57 Å². The molecule has 7 heteroatoms. The van der Waals surface area contributed by atoms with Gasteiger partial charge < -0.3 is 19.5 Å². The van der Waals surface area contributed by atoms with Crippen LogP contribution in [0.2, 0.25) is 0 Å². The van der Waals surface area contributed by atoms with Crippen molar-refractivity contribution in [1.29, 1.82) is 0 Å². The summed E-state index contributed by atoms with van der Waals surface area (Å²) in [5.41, 5.74) is 0.129. The average molecular weight is 329 g/mol. The van der Waals surface area contributed by atoms with Crippen molar-refractivity contribution in [2.75, 3.05) is 6.61 Å². The molecule has 0 aliphatic carbocycles. The maximum Gasteiger partial charge on any atom is 0.408 e. The number of amides is 1. The molecule has 1 aromatic rings. The standard InChI is InChI=1S/C15H24NO5P/c1-5-20-22(18,19)13(11-12-9-7-6-8-10-12)16-14(17)21-15(2,3)4/h6-10,13H,5,11H2,1-4H3,(H,16,17)(H,18,19). The molecule has 0 saturated carbocycles. The van der Waals surface area contributed by atoms with Crippen LogP contribution in [0.1, 0.15) is 33.3 Å². The first-order valence-corrected chi connectivity index (χ1v) is 8.79. The molecule has 0 saturated heterocycles. The average Bonchev–Trinajstić information content (AvgIpc) is 2.37. The molecule has 0 radical (unpaired) electrons. The van der Waals surface area contributed by atoms with E-state index in [1.54, 1.807) is 27.7 Å². The Kier molecular flexibility index (Phi) is 6.60. The van der Waals surface area contributed by atoms with Gasteiger partial charge in [0, 0.05) is 6.42 Å². The van der Waals surface area contributed by atoms with Crippen LogP contribution in [0.3, 0.4) is 0 Å². The van der Waals surface area contributed by atoms with Gasteiger partial charge in [-0.15, -0.1) is 0 Å². The van der Waals surface area contributed by atoms with E-state index in [1.165, 1.54) is 0 Å². The zero-order valence-corrected chi connectivity index (χ0v) is 14.3. The highest BCUT2D eigenvalue weighted by molar-refractivity contribution is 7.53. The molecule has 0 aliphatic rings. The molecule has 0 spiro atoms. The predicted molar refractivity (Wildman–Crippen MR) is 84.8 cm³/mol. The van der Waals surface area contributed by atoms with Crippen molar-refractivity contribution >= 4 is 13.7 Å². The minimum atomic E-state index is -4.00. The van der Waals surface area contributed by atoms with Crippen molar-refractivity contribution in [2.45, 2.75) is 45.5 Å². The summed E-state index contributed by atoms with van der Waals surface area (Å²) in [6.45, 7) is 6.87. The second-order valence-corrected chi connectivity index (χ2v) is 7.84. The third-order valence-electron chi connectivity index (χ3n) is 2.66. The van der Waals surface area contributed by atoms with Crippen molar-refractivity contribution in [3.05, 3.63) is 35.9 Å². The molecule has 0 bridgehead atoms. The van der Waals surface area contributed by atoms with Crippen molar-refractivity contribution in [3.8, 4) is 0 Å². The van der Waals surface area contributed by atoms with Crippen molar-refractivity contribution in [2.24, 2.45) is 0 Å². The van der Waals surface area contributed by atoms with Crippen molar-refractivity contribution in [3.63, 3.8) is 0 Å². The predicted octanol–water partition coefficient (Wildman–Crippen LogP) is 3.30. The van der Waals surface area contributed by atoms with E-state index >= 15 is 0 Å². The van der Waals surface area contributed by atoms with Crippen LogP contribution in [0, 0.1) is 0 Å². The summed E-state index contributed by atoms with van der Waals surface area (Å²) < 4.78 is 22.4. The van der Waals surface area contributed by atoms with E-state index in [-0.39, 0.29) is 13.0 Å². The van der Waals surface area contributed by atoms with E-state index in [4.69, 9.17) is 9.26 Å². The zero-order chi connectivity index (χ0) is 16.8. The topological polar surface area (TPSA) is 84.9 Å². The number of carbonyl (C=O) groups is 1. The Bertz CT molecular complexity index is 526. The Morgan fingerprint density at radius 2 is 1.91 bits per heavy atom. The Morgan fingerprint density at radius 1 is 1.32 bits per heavy atom. The van der Waals surface area contributed by atoms with Crippen LogP contribution in [0.4, 0.5) is 4.79 Å². The van der Waals surface area contributed by atoms with E-state index < -0.39 is 25.1 Å². The van der Waals surface area contributed by atoms with Gasteiger partial charge in [-0.2, -0.15) is 0 Å². The number of nitrogens with one attached hydrogen (secondary N) is 1. The highest BCUT2D eigenvalue weighted by Gasteiger charge is 2.34. The van der Waals surface area contributed by atoms with Gasteiger partial charge in [0.05, 0.1) is 6.61 Å². The van der Waals surface area contributed by atoms with E-state index in [2.05, 4.69) is 5.32 Å². The number of hydrogen-bond donors (Lipinski definition) is 2. The largest absolute Gasteiger partial charge is 0.444 e. The number of alkyl carbamates (subject to hydrolysis) is 1. The molecule has 2 unspecified atom stereocenters. The highest BCUT2D eigenvalue weighted by atomic mass is 31.2. The first kappa shape index (κ1) is 18.7. The first-order chi connectivity index (χ1) is 10.1. The van der Waals surface area contributed by atoms with Crippen LogP contribution in [0.15, 0.2) is 30.3 Å². The molecule has 0 fully saturated rings. The van der Waals surface area contributed by atoms with E-state index in [0.717, 1.165) is 5.56 Å². The molecule has 0 aliphatic heterocycles. The Labute approximate surface area is 131 Å². The monoisotopic (exact) mass is 329 g/mol. The summed E-state index contributed by atoms with van der Waals surface area (Å²) in [6, 6.07) is 9.12. The van der Waals surface area contributed by atoms with Crippen LogP contribution in [-0.2, 0) is 20.2 Å². The molecule has 1 rings (SSSR count). The molecule has 22 heavy (non-hydrogen) atoms. The normalized spacial score (nSPS) is 15.7. The fourth-order valence-corrected chi connectivity index (χ4v) is 3.06. The van der Waals surface area contributed by atoms with Gasteiger partial charge in [0.25, 0.3) is 0 Å². The molecule has 0 heterocycles. The Balaban J connectivity index is 2.87. The summed E-state index contributed by atoms with van der Waals surface area (Å²) >= 11 is 0. The third kappa shape index (κ3) is 6.60. The Morgan fingerprint density at radius 3 is 2.41 bits per heavy atom. The molecule has 124 valence electrons. The minimum absolute atomic E-state index is 0.0784. The van der Waals surface area contributed by atoms with Gasteiger partial charge >= 0.3 is 13.7 Å². The fraction of sp³-hybridized carbons (Fsp3) is 0.533. The second-order valence-electron chi connectivity index (χ2n) is 5.83. The minimum Gasteiger partial charge on any atom is -0.444 e. The third-order valence-corrected chi connectivity index (χ3v) is 4.39. The highest BCUT2D eigenvalue weighted by Crippen LogP contribution is 2.47. The molecular weight excluding hydrogens is 305 g/mol. The molecule has 0 aromatic heterocycles. The lowest BCUT2D eigenvalue weighted by Gasteiger charge is -2.26. The van der Waals surface area contributed by atoms with Gasteiger partial charge in [0.2, 0.25) is 0 Å². The maximum atomic E-state index is 12.3. The Hall–Kier alpha value is -1.36. The number of rotatable bonds is 6. The summed E-state index contributed by atoms with van der Waals surface area (Å²) in [5, 5.41) is 2.45. The quantitative estimate of drug-likeness (QED) is 0.782. The number of hydrogen-bond acceptors (Lipinski definition) is 4. The smallest absolute Gasteiger partial charge is 0.408 e. The molecular formula is C15H24NO5P. The lowest BCUT2D eigenvalue weighted by molar-refractivity contribution is 0.0511. The summed E-state index contributed by atoms with van der Waals surface area (Å²) in [5.74, 6) is -1.07. The lowest BCUT2D eigenvalue weighted by atomic mass is 10.1. The van der Waals surface area contributed by atoms with Crippen LogP contribution in [-0.4, -0.2) is 29.0 Å². The van der Waals surface area contributed by atoms with Crippen LogP contribution >= 0.6 is 7.60 Å². The van der Waals surface area contributed by atoms with Gasteiger partial charge in [-0.1, -0.05) is 30.3 Å². The summed E-state index contributed by atoms with van der Waals surface area (Å²) in [4.78, 5) is 21.9. The molecule has 6 nitrogen and oxygen atoms in total. The van der Waals surface area contributed by atoms with Gasteiger partial charge in [-0.25, -0.2) is 4.79 Å². The maximum absolute atomic E-state index is 12.3. The zero-order valence-electron chi connectivity index (χ0n) is 13.4. The van der Waals surface area contributed by atoms with Crippen LogP contribution < -0.4 is 5.32 Å². The van der Waals surface area contributed by atoms with Gasteiger partial charge in [0.15, 0.2) is 0 Å². The molecule has 2 atom stereocenters.